The van der Waals surface area contributed by atoms with Gasteiger partial charge in [-0.25, -0.2) is 0 Å². The molecule has 0 bridgehead atoms. The fourth-order valence-corrected chi connectivity index (χ4v) is 5.36. The van der Waals surface area contributed by atoms with Crippen LogP contribution in [0.25, 0.3) is 0 Å². The number of hydrogen-bond acceptors (Lipinski definition) is 7. The van der Waals surface area contributed by atoms with Crippen molar-refractivity contribution in [2.45, 2.75) is 37.8 Å². The molecule has 4 aromatic rings. The molecule has 5 heterocycles. The molecule has 3 aromatic heterocycles. The maximum Gasteiger partial charge on any atom is 0.249 e. The number of ether oxygens (including phenoxy) is 2. The van der Waals surface area contributed by atoms with Crippen LogP contribution in [0.3, 0.4) is 0 Å². The summed E-state index contributed by atoms with van der Waals surface area (Å²) in [5, 5.41) is 3.55. The molecule has 1 atom stereocenters. The topological polar surface area (TPSA) is 92.4 Å². The van der Waals surface area contributed by atoms with Crippen molar-refractivity contribution in [3.8, 4) is 11.5 Å². The molecule has 192 valence electrons. The summed E-state index contributed by atoms with van der Waals surface area (Å²) in [6.45, 7) is 2.60. The second kappa shape index (κ2) is 9.61. The third-order valence-corrected chi connectivity index (χ3v) is 7.52. The highest BCUT2D eigenvalue weighted by molar-refractivity contribution is 5.58. The maximum atomic E-state index is 11.8. The number of anilines is 2. The van der Waals surface area contributed by atoms with Crippen LogP contribution in [-0.2, 0) is 17.7 Å². The van der Waals surface area contributed by atoms with Crippen molar-refractivity contribution in [2.75, 3.05) is 29.9 Å². The minimum absolute atomic E-state index is 0.113. The van der Waals surface area contributed by atoms with Gasteiger partial charge in [0.05, 0.1) is 13.2 Å². The van der Waals surface area contributed by atoms with Crippen LogP contribution in [-0.4, -0.2) is 34.6 Å². The Morgan fingerprint density at radius 2 is 2.03 bits per heavy atom. The lowest BCUT2D eigenvalue weighted by Crippen LogP contribution is -2.39. The molecule has 0 amide bonds. The van der Waals surface area contributed by atoms with Gasteiger partial charge in [-0.1, -0.05) is 6.07 Å². The zero-order chi connectivity index (χ0) is 25.5. The van der Waals surface area contributed by atoms with Crippen LogP contribution in [0.1, 0.15) is 52.8 Å². The molecule has 7 rings (SSSR count). The molecule has 3 aliphatic rings. The molecule has 8 heteroatoms. The third kappa shape index (κ3) is 4.63. The number of nitrogens with zero attached hydrogens (tertiary/aromatic N) is 3. The van der Waals surface area contributed by atoms with Crippen molar-refractivity contribution < 1.29 is 9.47 Å². The second-order valence-corrected chi connectivity index (χ2v) is 10.3. The second-order valence-electron chi connectivity index (χ2n) is 10.3. The summed E-state index contributed by atoms with van der Waals surface area (Å²) in [5.74, 6) is 2.32. The van der Waals surface area contributed by atoms with Crippen LogP contribution in [0.4, 0.5) is 11.4 Å². The van der Waals surface area contributed by atoms with E-state index in [1.165, 1.54) is 24.0 Å². The van der Waals surface area contributed by atoms with Crippen molar-refractivity contribution in [1.29, 1.82) is 0 Å². The van der Waals surface area contributed by atoms with E-state index in [1.54, 1.807) is 12.3 Å². The molecule has 0 radical (unpaired) electrons. The number of benzene rings is 1. The van der Waals surface area contributed by atoms with E-state index in [2.05, 4.69) is 43.4 Å². The third-order valence-electron chi connectivity index (χ3n) is 7.52. The molecule has 0 spiro atoms. The summed E-state index contributed by atoms with van der Waals surface area (Å²) < 4.78 is 12.6. The van der Waals surface area contributed by atoms with Gasteiger partial charge in [0, 0.05) is 72.9 Å². The molecule has 2 fully saturated rings. The predicted octanol–water partition coefficient (Wildman–Crippen LogP) is 4.93. The number of rotatable bonds is 6. The van der Waals surface area contributed by atoms with E-state index < -0.39 is 0 Å². The molecular weight excluding hydrogens is 478 g/mol. The quantitative estimate of drug-likeness (QED) is 0.337. The molecule has 2 N–H and O–H groups in total. The predicted molar refractivity (Wildman–Crippen MR) is 145 cm³/mol. The van der Waals surface area contributed by atoms with Gasteiger partial charge in [-0.3, -0.25) is 14.8 Å². The summed E-state index contributed by atoms with van der Waals surface area (Å²) in [4.78, 5) is 25.8. The first-order valence-corrected chi connectivity index (χ1v) is 13.2. The SMILES string of the molecule is O=c1cc(N2CCOC(c3nccc4c3Oc3ccc(NCc5cncc(C6CC6)c5)cc3C4)C2)cc[nH]1. The summed E-state index contributed by atoms with van der Waals surface area (Å²) in [5.41, 5.74) is 7.42. The zero-order valence-electron chi connectivity index (χ0n) is 21.0. The van der Waals surface area contributed by atoms with Crippen molar-refractivity contribution in [1.82, 2.24) is 15.0 Å². The number of fused-ring (bicyclic) bond motifs is 2. The highest BCUT2D eigenvalue weighted by Gasteiger charge is 2.30. The van der Waals surface area contributed by atoms with Gasteiger partial charge in [0.15, 0.2) is 5.75 Å². The standard InChI is InChI=1S/C30H29N5O3/c36-28-14-25(6-8-32-28)35-9-10-37-27(18-35)29-30-21(5-7-33-29)12-22-13-24(3-4-26(22)38-30)34-16-19-11-23(17-31-15-19)20-1-2-20/h3-8,11,13-15,17,20,27,34H,1-2,9-10,12,16,18H2,(H,32,36). The number of morpholine rings is 1. The van der Waals surface area contributed by atoms with Crippen molar-refractivity contribution in [3.63, 3.8) is 0 Å². The number of H-pyrrole nitrogens is 1. The van der Waals surface area contributed by atoms with Crippen LogP contribution >= 0.6 is 0 Å². The number of hydrogen-bond donors (Lipinski definition) is 2. The van der Waals surface area contributed by atoms with Crippen LogP contribution in [0.15, 0.2) is 72.0 Å². The fourth-order valence-electron chi connectivity index (χ4n) is 5.36. The lowest BCUT2D eigenvalue weighted by atomic mass is 9.98. The van der Waals surface area contributed by atoms with Gasteiger partial charge < -0.3 is 24.7 Å². The number of nitrogens with one attached hydrogen (secondary N) is 2. The molecule has 1 aliphatic carbocycles. The Morgan fingerprint density at radius 3 is 2.92 bits per heavy atom. The number of aromatic amines is 1. The summed E-state index contributed by atoms with van der Waals surface area (Å²) in [7, 11) is 0. The first-order valence-electron chi connectivity index (χ1n) is 13.2. The van der Waals surface area contributed by atoms with E-state index in [1.807, 2.05) is 36.8 Å². The normalized spacial score (nSPS) is 18.3. The van der Waals surface area contributed by atoms with Crippen molar-refractivity contribution in [3.05, 3.63) is 106 Å². The first kappa shape index (κ1) is 23.0. The van der Waals surface area contributed by atoms with E-state index in [-0.39, 0.29) is 11.7 Å². The number of aromatic nitrogens is 3. The average molecular weight is 508 g/mol. The van der Waals surface area contributed by atoms with E-state index >= 15 is 0 Å². The molecule has 8 nitrogen and oxygen atoms in total. The Kier molecular flexibility index (Phi) is 5.81. The largest absolute Gasteiger partial charge is 0.455 e. The summed E-state index contributed by atoms with van der Waals surface area (Å²) >= 11 is 0. The summed E-state index contributed by atoms with van der Waals surface area (Å²) in [6.07, 6.45) is 10.5. The Bertz CT molecular complexity index is 1550. The maximum absolute atomic E-state index is 11.8. The minimum atomic E-state index is -0.250. The van der Waals surface area contributed by atoms with Gasteiger partial charge >= 0.3 is 0 Å². The van der Waals surface area contributed by atoms with Gasteiger partial charge in [0.1, 0.15) is 17.5 Å². The highest BCUT2D eigenvalue weighted by atomic mass is 16.5. The van der Waals surface area contributed by atoms with E-state index in [0.29, 0.717) is 19.1 Å². The van der Waals surface area contributed by atoms with Crippen LogP contribution < -0.4 is 20.5 Å². The Morgan fingerprint density at radius 1 is 1.08 bits per heavy atom. The number of pyridine rings is 3. The Hall–Kier alpha value is -4.17. The van der Waals surface area contributed by atoms with E-state index in [0.717, 1.165) is 59.2 Å². The van der Waals surface area contributed by atoms with Gasteiger partial charge in [-0.05, 0) is 60.2 Å². The molecule has 1 saturated carbocycles. The van der Waals surface area contributed by atoms with Gasteiger partial charge in [0.2, 0.25) is 5.56 Å². The molecule has 38 heavy (non-hydrogen) atoms. The Labute approximate surface area is 220 Å². The molecule has 1 unspecified atom stereocenters. The van der Waals surface area contributed by atoms with Gasteiger partial charge in [0.25, 0.3) is 0 Å². The van der Waals surface area contributed by atoms with Crippen molar-refractivity contribution in [2.24, 2.45) is 0 Å². The minimum Gasteiger partial charge on any atom is -0.455 e. The molecule has 1 saturated heterocycles. The van der Waals surface area contributed by atoms with E-state index in [4.69, 9.17) is 9.47 Å². The molecule has 2 aliphatic heterocycles. The zero-order valence-corrected chi connectivity index (χ0v) is 21.0. The lowest BCUT2D eigenvalue weighted by molar-refractivity contribution is 0.0355. The first-order chi connectivity index (χ1) is 18.7. The lowest BCUT2D eigenvalue weighted by Gasteiger charge is -2.35. The van der Waals surface area contributed by atoms with Crippen LogP contribution in [0, 0.1) is 0 Å². The van der Waals surface area contributed by atoms with Crippen LogP contribution in [0.2, 0.25) is 0 Å². The van der Waals surface area contributed by atoms with Gasteiger partial charge in [-0.2, -0.15) is 0 Å². The van der Waals surface area contributed by atoms with Gasteiger partial charge in [-0.15, -0.1) is 0 Å². The highest BCUT2D eigenvalue weighted by Crippen LogP contribution is 2.42. The molecule has 1 aromatic carbocycles. The Balaban J connectivity index is 1.08. The average Bonchev–Trinajstić information content (AvgIpc) is 3.81. The summed E-state index contributed by atoms with van der Waals surface area (Å²) in [6, 6.07) is 14.1. The smallest absolute Gasteiger partial charge is 0.249 e. The monoisotopic (exact) mass is 507 g/mol. The van der Waals surface area contributed by atoms with Crippen LogP contribution in [0.5, 0.6) is 11.5 Å². The van der Waals surface area contributed by atoms with Crippen molar-refractivity contribution >= 4 is 11.4 Å². The molecular formula is C30H29N5O3. The van der Waals surface area contributed by atoms with E-state index in [9.17, 15) is 4.79 Å². The fraction of sp³-hybridized carbons (Fsp3) is 0.300.